The highest BCUT2D eigenvalue weighted by Gasteiger charge is 2.11. The first-order chi connectivity index (χ1) is 6.79. The number of aryl methyl sites for hydroxylation is 1. The molecule has 6 nitrogen and oxygen atoms in total. The minimum absolute atomic E-state index is 0.173. The first-order valence-corrected chi connectivity index (χ1v) is 4.62. The zero-order chi connectivity index (χ0) is 10.4. The predicted molar refractivity (Wildman–Crippen MR) is 52.5 cm³/mol. The molecule has 0 fully saturated rings. The van der Waals surface area contributed by atoms with Gasteiger partial charge in [0.25, 0.3) is 0 Å². The van der Waals surface area contributed by atoms with E-state index in [0.717, 1.165) is 18.7 Å². The van der Waals surface area contributed by atoms with Crippen molar-refractivity contribution in [1.29, 1.82) is 0 Å². The van der Waals surface area contributed by atoms with Crippen LogP contribution in [0.5, 0.6) is 0 Å². The summed E-state index contributed by atoms with van der Waals surface area (Å²) in [5.74, 6) is 0. The summed E-state index contributed by atoms with van der Waals surface area (Å²) in [5.41, 5.74) is 12.2. The van der Waals surface area contributed by atoms with Crippen LogP contribution in [0.1, 0.15) is 18.2 Å². The van der Waals surface area contributed by atoms with E-state index in [4.69, 9.17) is 16.2 Å². The normalized spacial score (nSPS) is 13.1. The van der Waals surface area contributed by atoms with Gasteiger partial charge in [-0.3, -0.25) is 0 Å². The number of nitrogens with two attached hydrogens (primary N) is 2. The van der Waals surface area contributed by atoms with Crippen molar-refractivity contribution in [1.82, 2.24) is 15.0 Å². The van der Waals surface area contributed by atoms with E-state index in [0.29, 0.717) is 13.2 Å². The molecule has 0 spiro atoms. The van der Waals surface area contributed by atoms with Crippen molar-refractivity contribution >= 4 is 0 Å². The van der Waals surface area contributed by atoms with E-state index in [1.165, 1.54) is 0 Å². The largest absolute Gasteiger partial charge is 0.383 e. The van der Waals surface area contributed by atoms with Gasteiger partial charge < -0.3 is 16.2 Å². The van der Waals surface area contributed by atoms with E-state index in [1.54, 1.807) is 18.0 Å². The van der Waals surface area contributed by atoms with Crippen molar-refractivity contribution in [3.05, 3.63) is 11.9 Å². The summed E-state index contributed by atoms with van der Waals surface area (Å²) < 4.78 is 6.74. The molecule has 6 heteroatoms. The average Bonchev–Trinajstić information content (AvgIpc) is 2.63. The van der Waals surface area contributed by atoms with Crippen LogP contribution in [0.15, 0.2) is 6.20 Å². The van der Waals surface area contributed by atoms with Crippen LogP contribution in [0.3, 0.4) is 0 Å². The van der Waals surface area contributed by atoms with Crippen LogP contribution >= 0.6 is 0 Å². The van der Waals surface area contributed by atoms with Gasteiger partial charge >= 0.3 is 0 Å². The van der Waals surface area contributed by atoms with Gasteiger partial charge in [0.2, 0.25) is 0 Å². The molecule has 0 aromatic carbocycles. The molecule has 0 aliphatic heterocycles. The molecule has 4 N–H and O–H groups in total. The van der Waals surface area contributed by atoms with Crippen molar-refractivity contribution < 1.29 is 4.74 Å². The highest BCUT2D eigenvalue weighted by atomic mass is 16.5. The molecular weight excluding hydrogens is 182 g/mol. The number of ether oxygens (including phenoxy) is 1. The highest BCUT2D eigenvalue weighted by molar-refractivity contribution is 5.01. The Hall–Kier alpha value is -0.980. The summed E-state index contributed by atoms with van der Waals surface area (Å²) in [6.07, 6.45) is 2.54. The highest BCUT2D eigenvalue weighted by Crippen LogP contribution is 2.08. The van der Waals surface area contributed by atoms with Crippen LogP contribution in [0.25, 0.3) is 0 Å². The zero-order valence-corrected chi connectivity index (χ0v) is 8.39. The minimum atomic E-state index is -0.173. The smallest absolute Gasteiger partial charge is 0.0777 e. The SMILES string of the molecule is COC[C@H](N)c1cnnn1CCCN. The van der Waals surface area contributed by atoms with Crippen molar-refractivity contribution in [3.63, 3.8) is 0 Å². The lowest BCUT2D eigenvalue weighted by Crippen LogP contribution is -2.21. The number of rotatable bonds is 6. The molecule has 80 valence electrons. The molecule has 0 bridgehead atoms. The zero-order valence-electron chi connectivity index (χ0n) is 8.39. The first kappa shape index (κ1) is 11.1. The molecule has 1 heterocycles. The van der Waals surface area contributed by atoms with Crippen LogP contribution in [0.2, 0.25) is 0 Å². The van der Waals surface area contributed by atoms with Gasteiger partial charge in [-0.2, -0.15) is 0 Å². The quantitative estimate of drug-likeness (QED) is 0.630. The summed E-state index contributed by atoms with van der Waals surface area (Å²) in [6.45, 7) is 1.86. The lowest BCUT2D eigenvalue weighted by Gasteiger charge is -2.11. The molecule has 1 rings (SSSR count). The summed E-state index contributed by atoms with van der Waals surface area (Å²) in [6, 6.07) is -0.173. The summed E-state index contributed by atoms with van der Waals surface area (Å²) in [5, 5.41) is 7.75. The molecule has 1 aromatic rings. The molecule has 0 amide bonds. The third-order valence-electron chi connectivity index (χ3n) is 1.95. The molecule has 0 unspecified atom stereocenters. The van der Waals surface area contributed by atoms with E-state index in [-0.39, 0.29) is 6.04 Å². The maximum Gasteiger partial charge on any atom is 0.0777 e. The lowest BCUT2D eigenvalue weighted by molar-refractivity contribution is 0.177. The second kappa shape index (κ2) is 5.69. The van der Waals surface area contributed by atoms with Gasteiger partial charge in [-0.1, -0.05) is 5.21 Å². The Morgan fingerprint density at radius 1 is 1.64 bits per heavy atom. The van der Waals surface area contributed by atoms with Crippen LogP contribution < -0.4 is 11.5 Å². The van der Waals surface area contributed by atoms with E-state index >= 15 is 0 Å². The maximum atomic E-state index is 5.87. The molecule has 0 aliphatic rings. The van der Waals surface area contributed by atoms with E-state index < -0.39 is 0 Å². The third kappa shape index (κ3) is 2.76. The molecule has 0 saturated heterocycles. The summed E-state index contributed by atoms with van der Waals surface area (Å²) in [7, 11) is 1.62. The predicted octanol–water partition coefficient (Wildman–Crippen LogP) is -0.727. The minimum Gasteiger partial charge on any atom is -0.383 e. The number of nitrogens with zero attached hydrogens (tertiary/aromatic N) is 3. The van der Waals surface area contributed by atoms with Crippen LogP contribution in [-0.4, -0.2) is 35.3 Å². The first-order valence-electron chi connectivity index (χ1n) is 4.62. The molecule has 1 atom stereocenters. The Morgan fingerprint density at radius 3 is 3.07 bits per heavy atom. The summed E-state index contributed by atoms with van der Waals surface area (Å²) in [4.78, 5) is 0. The molecule has 0 saturated carbocycles. The number of hydrogen-bond acceptors (Lipinski definition) is 5. The van der Waals surface area contributed by atoms with Crippen molar-refractivity contribution in [3.8, 4) is 0 Å². The van der Waals surface area contributed by atoms with E-state index in [9.17, 15) is 0 Å². The Morgan fingerprint density at radius 2 is 2.43 bits per heavy atom. The summed E-state index contributed by atoms with van der Waals surface area (Å²) >= 11 is 0. The fraction of sp³-hybridized carbons (Fsp3) is 0.750. The fourth-order valence-corrected chi connectivity index (χ4v) is 1.23. The Balaban J connectivity index is 2.61. The second-order valence-corrected chi connectivity index (χ2v) is 3.09. The van der Waals surface area contributed by atoms with Gasteiger partial charge in [0, 0.05) is 13.7 Å². The molecule has 0 aliphatic carbocycles. The van der Waals surface area contributed by atoms with E-state index in [2.05, 4.69) is 10.3 Å². The molecule has 14 heavy (non-hydrogen) atoms. The number of aromatic nitrogens is 3. The van der Waals surface area contributed by atoms with Crippen LogP contribution in [-0.2, 0) is 11.3 Å². The number of hydrogen-bond donors (Lipinski definition) is 2. The van der Waals surface area contributed by atoms with Gasteiger partial charge in [-0.15, -0.1) is 5.10 Å². The molecule has 1 aromatic heterocycles. The third-order valence-corrected chi connectivity index (χ3v) is 1.95. The van der Waals surface area contributed by atoms with E-state index in [1.807, 2.05) is 0 Å². The average molecular weight is 199 g/mol. The molecule has 0 radical (unpaired) electrons. The maximum absolute atomic E-state index is 5.87. The van der Waals surface area contributed by atoms with Crippen LogP contribution in [0, 0.1) is 0 Å². The number of methoxy groups -OCH3 is 1. The van der Waals surface area contributed by atoms with Gasteiger partial charge in [0.05, 0.1) is 24.5 Å². The van der Waals surface area contributed by atoms with Crippen molar-refractivity contribution in [2.45, 2.75) is 19.0 Å². The topological polar surface area (TPSA) is 92.0 Å². The van der Waals surface area contributed by atoms with Gasteiger partial charge in [-0.05, 0) is 13.0 Å². The van der Waals surface area contributed by atoms with Gasteiger partial charge in [0.1, 0.15) is 0 Å². The van der Waals surface area contributed by atoms with Crippen LogP contribution in [0.4, 0.5) is 0 Å². The van der Waals surface area contributed by atoms with Gasteiger partial charge in [-0.25, -0.2) is 4.68 Å². The second-order valence-electron chi connectivity index (χ2n) is 3.09. The molecular formula is C8H17N5O. The Labute approximate surface area is 83.2 Å². The Bertz CT molecular complexity index is 262. The Kier molecular flexibility index (Phi) is 4.51. The van der Waals surface area contributed by atoms with Crippen molar-refractivity contribution in [2.75, 3.05) is 20.3 Å². The van der Waals surface area contributed by atoms with Crippen molar-refractivity contribution in [2.24, 2.45) is 11.5 Å². The fourth-order valence-electron chi connectivity index (χ4n) is 1.23. The monoisotopic (exact) mass is 199 g/mol. The lowest BCUT2D eigenvalue weighted by atomic mass is 10.2. The standard InChI is InChI=1S/C8H17N5O/c1-14-6-7(10)8-5-11-12-13(8)4-2-3-9/h5,7H,2-4,6,9-10H2,1H3/t7-/m0/s1. The van der Waals surface area contributed by atoms with Gasteiger partial charge in [0.15, 0.2) is 0 Å².